The van der Waals surface area contributed by atoms with E-state index in [1.54, 1.807) is 5.56 Å². The maximum Gasteiger partial charge on any atom is 0.0682 e. The first kappa shape index (κ1) is 14.2. The summed E-state index contributed by atoms with van der Waals surface area (Å²) in [5.74, 6) is 0. The first-order chi connectivity index (χ1) is 11.8. The molecule has 0 N–H and O–H groups in total. The van der Waals surface area contributed by atoms with Gasteiger partial charge in [0.2, 0.25) is 0 Å². The van der Waals surface area contributed by atoms with Crippen LogP contribution < -0.4 is 4.90 Å². The molecule has 1 spiro atoms. The normalized spacial score (nSPS) is 19.1. The second-order valence-corrected chi connectivity index (χ2v) is 7.41. The lowest BCUT2D eigenvalue weighted by molar-refractivity contribution is 0.295. The number of benzene rings is 2. The van der Waals surface area contributed by atoms with Gasteiger partial charge in [0.15, 0.2) is 0 Å². The topological polar surface area (TPSA) is 8.17 Å². The van der Waals surface area contributed by atoms with Gasteiger partial charge in [-0.3, -0.25) is 0 Å². The SMILES string of the molecule is Cn1c2c(c3ccccc31)C1(CCCCC1)N(c1ccccc1)C2. The number of hydrogen-bond acceptors (Lipinski definition) is 1. The molecule has 24 heavy (non-hydrogen) atoms. The number of fused-ring (bicyclic) bond motifs is 4. The number of aromatic nitrogens is 1. The zero-order chi connectivity index (χ0) is 16.1. The van der Waals surface area contributed by atoms with Crippen molar-refractivity contribution in [2.45, 2.75) is 44.2 Å². The molecule has 2 nitrogen and oxygen atoms in total. The summed E-state index contributed by atoms with van der Waals surface area (Å²) in [5.41, 5.74) is 6.08. The van der Waals surface area contributed by atoms with E-state index in [0.717, 1.165) is 6.54 Å². The summed E-state index contributed by atoms with van der Waals surface area (Å²) in [4.78, 5) is 2.70. The van der Waals surface area contributed by atoms with Crippen molar-refractivity contribution in [3.63, 3.8) is 0 Å². The molecule has 2 heteroatoms. The molecular formula is C22H24N2. The summed E-state index contributed by atoms with van der Waals surface area (Å²) >= 11 is 0. The predicted octanol–water partition coefficient (Wildman–Crippen LogP) is 5.36. The molecule has 0 saturated heterocycles. The zero-order valence-electron chi connectivity index (χ0n) is 14.3. The van der Waals surface area contributed by atoms with Crippen molar-refractivity contribution in [1.29, 1.82) is 0 Å². The van der Waals surface area contributed by atoms with E-state index in [4.69, 9.17) is 0 Å². The fourth-order valence-corrected chi connectivity index (χ4v) is 5.19. The van der Waals surface area contributed by atoms with Crippen molar-refractivity contribution in [3.05, 3.63) is 65.9 Å². The number of para-hydroxylation sites is 2. The molecule has 0 unspecified atom stereocenters. The van der Waals surface area contributed by atoms with E-state index in [2.05, 4.69) is 71.1 Å². The minimum Gasteiger partial charge on any atom is -0.356 e. The summed E-state index contributed by atoms with van der Waals surface area (Å²) in [6, 6.07) is 20.0. The summed E-state index contributed by atoms with van der Waals surface area (Å²) < 4.78 is 2.43. The standard InChI is InChI=1S/C22H24N2/c1-23-19-13-7-6-12-18(19)21-20(23)16-24(17-10-4-2-5-11-17)22(21)14-8-3-9-15-22/h2,4-7,10-13H,3,8-9,14-16H2,1H3. The molecule has 2 heterocycles. The molecule has 0 amide bonds. The van der Waals surface area contributed by atoms with Crippen LogP contribution in [0.3, 0.4) is 0 Å². The van der Waals surface area contributed by atoms with Gasteiger partial charge in [0.1, 0.15) is 0 Å². The lowest BCUT2D eigenvalue weighted by atomic mass is 9.76. The third-order valence-electron chi connectivity index (χ3n) is 6.27. The van der Waals surface area contributed by atoms with Gasteiger partial charge in [-0.25, -0.2) is 0 Å². The summed E-state index contributed by atoms with van der Waals surface area (Å²) in [5, 5.41) is 1.47. The highest BCUT2D eigenvalue weighted by Gasteiger charge is 2.48. The maximum absolute atomic E-state index is 2.70. The van der Waals surface area contributed by atoms with Gasteiger partial charge < -0.3 is 9.47 Å². The molecule has 1 saturated carbocycles. The van der Waals surface area contributed by atoms with Gasteiger partial charge in [0, 0.05) is 34.9 Å². The van der Waals surface area contributed by atoms with Gasteiger partial charge in [-0.1, -0.05) is 55.7 Å². The zero-order valence-corrected chi connectivity index (χ0v) is 14.3. The van der Waals surface area contributed by atoms with E-state index in [0.29, 0.717) is 0 Å². The van der Waals surface area contributed by atoms with E-state index < -0.39 is 0 Å². The molecule has 5 rings (SSSR count). The number of aryl methyl sites for hydroxylation is 1. The first-order valence-electron chi connectivity index (χ1n) is 9.21. The summed E-state index contributed by atoms with van der Waals surface area (Å²) in [6.07, 6.45) is 6.62. The van der Waals surface area contributed by atoms with Crippen molar-refractivity contribution in [2.24, 2.45) is 7.05 Å². The lowest BCUT2D eigenvalue weighted by Gasteiger charge is -2.43. The molecule has 1 aliphatic heterocycles. The van der Waals surface area contributed by atoms with Gasteiger partial charge in [0.25, 0.3) is 0 Å². The quantitative estimate of drug-likeness (QED) is 0.587. The fraction of sp³-hybridized carbons (Fsp3) is 0.364. The summed E-state index contributed by atoms with van der Waals surface area (Å²) in [7, 11) is 2.24. The van der Waals surface area contributed by atoms with Gasteiger partial charge in [-0.05, 0) is 31.0 Å². The molecule has 0 atom stereocenters. The highest BCUT2D eigenvalue weighted by Crippen LogP contribution is 2.53. The third-order valence-corrected chi connectivity index (χ3v) is 6.27. The first-order valence-corrected chi connectivity index (χ1v) is 9.21. The Morgan fingerprint density at radius 1 is 0.833 bits per heavy atom. The van der Waals surface area contributed by atoms with E-state index in [1.165, 1.54) is 54.4 Å². The highest BCUT2D eigenvalue weighted by atomic mass is 15.3. The molecule has 0 bridgehead atoms. The Bertz CT molecular complexity index is 885. The number of anilines is 1. The molecule has 3 aromatic rings. The Morgan fingerprint density at radius 3 is 2.33 bits per heavy atom. The molecule has 2 aromatic carbocycles. The van der Waals surface area contributed by atoms with Crippen molar-refractivity contribution < 1.29 is 0 Å². The van der Waals surface area contributed by atoms with E-state index >= 15 is 0 Å². The molecule has 0 radical (unpaired) electrons. The lowest BCUT2D eigenvalue weighted by Crippen LogP contribution is -2.43. The van der Waals surface area contributed by atoms with E-state index in [1.807, 2.05) is 0 Å². The smallest absolute Gasteiger partial charge is 0.0682 e. The van der Waals surface area contributed by atoms with Gasteiger partial charge in [-0.2, -0.15) is 0 Å². The van der Waals surface area contributed by atoms with Crippen LogP contribution in [0.15, 0.2) is 54.6 Å². The minimum atomic E-state index is 0.190. The monoisotopic (exact) mass is 316 g/mol. The van der Waals surface area contributed by atoms with Crippen molar-refractivity contribution >= 4 is 16.6 Å². The Balaban J connectivity index is 1.77. The second-order valence-electron chi connectivity index (χ2n) is 7.41. The minimum absolute atomic E-state index is 0.190. The van der Waals surface area contributed by atoms with Crippen LogP contribution >= 0.6 is 0 Å². The summed E-state index contributed by atoms with van der Waals surface area (Å²) in [6.45, 7) is 1.03. The molecule has 1 aromatic heterocycles. The molecule has 1 aliphatic carbocycles. The van der Waals surface area contributed by atoms with Crippen molar-refractivity contribution in [2.75, 3.05) is 4.90 Å². The number of rotatable bonds is 1. The third kappa shape index (κ3) is 1.77. The number of nitrogens with zero attached hydrogens (tertiary/aromatic N) is 2. The average Bonchev–Trinajstić information content (AvgIpc) is 3.11. The van der Waals surface area contributed by atoms with E-state index in [-0.39, 0.29) is 5.54 Å². The second kappa shape index (κ2) is 5.14. The van der Waals surface area contributed by atoms with Gasteiger partial charge >= 0.3 is 0 Å². The Kier molecular flexibility index (Phi) is 3.03. The predicted molar refractivity (Wildman–Crippen MR) is 100 cm³/mol. The largest absolute Gasteiger partial charge is 0.356 e. The van der Waals surface area contributed by atoms with E-state index in [9.17, 15) is 0 Å². The van der Waals surface area contributed by atoms with Gasteiger partial charge in [-0.15, -0.1) is 0 Å². The molecule has 122 valence electrons. The maximum atomic E-state index is 2.70. The van der Waals surface area contributed by atoms with Crippen LogP contribution in [0.25, 0.3) is 10.9 Å². The fourth-order valence-electron chi connectivity index (χ4n) is 5.19. The highest BCUT2D eigenvalue weighted by molar-refractivity contribution is 5.88. The van der Waals surface area contributed by atoms with Crippen LogP contribution in [0, 0.1) is 0 Å². The number of hydrogen-bond donors (Lipinski definition) is 0. The average molecular weight is 316 g/mol. The Hall–Kier alpha value is -2.22. The Morgan fingerprint density at radius 2 is 1.54 bits per heavy atom. The van der Waals surface area contributed by atoms with Crippen LogP contribution in [0.1, 0.15) is 43.4 Å². The van der Waals surface area contributed by atoms with Crippen molar-refractivity contribution in [3.8, 4) is 0 Å². The van der Waals surface area contributed by atoms with Crippen LogP contribution in [0.5, 0.6) is 0 Å². The van der Waals surface area contributed by atoms with Crippen LogP contribution in [-0.4, -0.2) is 4.57 Å². The van der Waals surface area contributed by atoms with Crippen LogP contribution in [-0.2, 0) is 19.1 Å². The Labute approximate surface area is 143 Å². The van der Waals surface area contributed by atoms with Crippen LogP contribution in [0.4, 0.5) is 5.69 Å². The molecule has 2 aliphatic rings. The van der Waals surface area contributed by atoms with Gasteiger partial charge in [0.05, 0.1) is 12.1 Å². The van der Waals surface area contributed by atoms with Crippen LogP contribution in [0.2, 0.25) is 0 Å². The molecular weight excluding hydrogens is 292 g/mol. The van der Waals surface area contributed by atoms with Crippen molar-refractivity contribution in [1.82, 2.24) is 4.57 Å². The molecule has 1 fully saturated rings.